The van der Waals surface area contributed by atoms with Crippen molar-refractivity contribution in [2.75, 3.05) is 0 Å². The Labute approximate surface area is 156 Å². The van der Waals surface area contributed by atoms with Crippen molar-refractivity contribution in [3.63, 3.8) is 0 Å². The molecule has 0 atom stereocenters. The maximum Gasteiger partial charge on any atom is 0.0208 e. The maximum absolute atomic E-state index is 2.41. The molecule has 0 amide bonds. The molecule has 0 unspecified atom stereocenters. The molecule has 4 rings (SSSR count). The van der Waals surface area contributed by atoms with Crippen molar-refractivity contribution >= 4 is 33.4 Å². The van der Waals surface area contributed by atoms with Gasteiger partial charge in [-0.05, 0) is 86.3 Å². The van der Waals surface area contributed by atoms with Crippen molar-refractivity contribution in [1.82, 2.24) is 0 Å². The molecule has 0 fully saturated rings. The Bertz CT molecular complexity index is 1030. The standard InChI is InChI=1S/C23H17I/c1-16-13-20(15-18-7-2-3-10-21(16)18)17-8-6-9-19(14-17)22-11-4-5-12-23(22)24/h2-15H,1H3. The molecule has 0 nitrogen and oxygen atoms in total. The maximum atomic E-state index is 2.41. The van der Waals surface area contributed by atoms with Gasteiger partial charge in [-0.15, -0.1) is 0 Å². The van der Waals surface area contributed by atoms with Gasteiger partial charge in [-0.2, -0.15) is 0 Å². The zero-order valence-electron chi connectivity index (χ0n) is 13.5. The topological polar surface area (TPSA) is 0 Å². The minimum atomic E-state index is 1.26. The van der Waals surface area contributed by atoms with Gasteiger partial charge >= 0.3 is 0 Å². The van der Waals surface area contributed by atoms with Crippen molar-refractivity contribution in [3.8, 4) is 22.3 Å². The van der Waals surface area contributed by atoms with E-state index in [1.165, 1.54) is 42.2 Å². The van der Waals surface area contributed by atoms with Crippen molar-refractivity contribution in [1.29, 1.82) is 0 Å². The molecule has 0 spiro atoms. The zero-order valence-corrected chi connectivity index (χ0v) is 15.6. The van der Waals surface area contributed by atoms with Gasteiger partial charge in [0.15, 0.2) is 0 Å². The summed E-state index contributed by atoms with van der Waals surface area (Å²) < 4.78 is 1.28. The van der Waals surface area contributed by atoms with E-state index in [0.717, 1.165) is 0 Å². The fourth-order valence-electron chi connectivity index (χ4n) is 3.23. The van der Waals surface area contributed by atoms with E-state index in [9.17, 15) is 0 Å². The predicted octanol–water partition coefficient (Wildman–Crippen LogP) is 7.09. The molecule has 116 valence electrons. The average molecular weight is 420 g/mol. The Morgan fingerprint density at radius 1 is 0.625 bits per heavy atom. The third kappa shape index (κ3) is 2.84. The minimum Gasteiger partial charge on any atom is -0.0616 e. The van der Waals surface area contributed by atoms with E-state index >= 15 is 0 Å². The number of fused-ring (bicyclic) bond motifs is 1. The van der Waals surface area contributed by atoms with Gasteiger partial charge in [0.05, 0.1) is 0 Å². The van der Waals surface area contributed by atoms with Gasteiger partial charge in [-0.3, -0.25) is 0 Å². The van der Waals surface area contributed by atoms with Gasteiger partial charge in [-0.1, -0.05) is 66.7 Å². The second-order valence-corrected chi connectivity index (χ2v) is 7.24. The van der Waals surface area contributed by atoms with Crippen LogP contribution in [-0.4, -0.2) is 0 Å². The average Bonchev–Trinajstić information content (AvgIpc) is 2.62. The van der Waals surface area contributed by atoms with Crippen molar-refractivity contribution in [2.45, 2.75) is 6.92 Å². The lowest BCUT2D eigenvalue weighted by atomic mass is 9.95. The van der Waals surface area contributed by atoms with Crippen LogP contribution >= 0.6 is 22.6 Å². The third-order valence-corrected chi connectivity index (χ3v) is 5.39. The number of rotatable bonds is 2. The van der Waals surface area contributed by atoms with Crippen LogP contribution < -0.4 is 0 Å². The fraction of sp³-hybridized carbons (Fsp3) is 0.0435. The van der Waals surface area contributed by atoms with Crippen molar-refractivity contribution in [2.24, 2.45) is 0 Å². The Balaban J connectivity index is 1.86. The smallest absolute Gasteiger partial charge is 0.0208 e. The van der Waals surface area contributed by atoms with Crippen LogP contribution in [-0.2, 0) is 0 Å². The molecule has 0 heterocycles. The molecule has 0 aromatic heterocycles. The highest BCUT2D eigenvalue weighted by molar-refractivity contribution is 14.1. The summed E-state index contributed by atoms with van der Waals surface area (Å²) in [4.78, 5) is 0. The number of halogens is 1. The van der Waals surface area contributed by atoms with Gasteiger partial charge in [0, 0.05) is 3.57 Å². The molecule has 0 aliphatic heterocycles. The fourth-order valence-corrected chi connectivity index (χ4v) is 3.93. The monoisotopic (exact) mass is 420 g/mol. The van der Waals surface area contributed by atoms with E-state index in [4.69, 9.17) is 0 Å². The first kappa shape index (κ1) is 15.4. The molecule has 0 saturated heterocycles. The van der Waals surface area contributed by atoms with E-state index in [0.29, 0.717) is 0 Å². The van der Waals surface area contributed by atoms with Crippen LogP contribution in [0.1, 0.15) is 5.56 Å². The van der Waals surface area contributed by atoms with Crippen LogP contribution in [0.4, 0.5) is 0 Å². The molecular weight excluding hydrogens is 403 g/mol. The molecule has 0 saturated carbocycles. The molecule has 4 aromatic rings. The lowest BCUT2D eigenvalue weighted by Gasteiger charge is -2.10. The van der Waals surface area contributed by atoms with E-state index < -0.39 is 0 Å². The van der Waals surface area contributed by atoms with E-state index in [1.54, 1.807) is 0 Å². The van der Waals surface area contributed by atoms with Gasteiger partial charge in [0.1, 0.15) is 0 Å². The summed E-state index contributed by atoms with van der Waals surface area (Å²) in [6.45, 7) is 2.19. The van der Waals surface area contributed by atoms with Crippen molar-refractivity contribution in [3.05, 3.63) is 94.1 Å². The van der Waals surface area contributed by atoms with Crippen LogP contribution in [0.5, 0.6) is 0 Å². The number of hydrogen-bond donors (Lipinski definition) is 0. The summed E-state index contributed by atoms with van der Waals surface area (Å²) in [5, 5.41) is 2.63. The first-order valence-electron chi connectivity index (χ1n) is 8.07. The van der Waals surface area contributed by atoms with E-state index in [-0.39, 0.29) is 0 Å². The molecule has 0 radical (unpaired) electrons. The highest BCUT2D eigenvalue weighted by atomic mass is 127. The van der Waals surface area contributed by atoms with Crippen LogP contribution in [0.3, 0.4) is 0 Å². The lowest BCUT2D eigenvalue weighted by Crippen LogP contribution is -1.86. The van der Waals surface area contributed by atoms with Gasteiger partial charge in [0.2, 0.25) is 0 Å². The first-order chi connectivity index (χ1) is 11.7. The second-order valence-electron chi connectivity index (χ2n) is 6.07. The molecule has 0 bridgehead atoms. The molecule has 0 N–H and O–H groups in total. The normalized spacial score (nSPS) is 10.9. The molecule has 0 aliphatic rings. The Hall–Kier alpha value is -2.13. The SMILES string of the molecule is Cc1cc(-c2cccc(-c3ccccc3I)c2)cc2ccccc12. The quantitative estimate of drug-likeness (QED) is 0.304. The van der Waals surface area contributed by atoms with Crippen LogP contribution in [0.2, 0.25) is 0 Å². The molecule has 0 aliphatic carbocycles. The summed E-state index contributed by atoms with van der Waals surface area (Å²) in [7, 11) is 0. The lowest BCUT2D eigenvalue weighted by molar-refractivity contribution is 1.51. The van der Waals surface area contributed by atoms with Gasteiger partial charge in [0.25, 0.3) is 0 Å². The number of aryl methyl sites for hydroxylation is 1. The van der Waals surface area contributed by atoms with E-state index in [1.807, 2.05) is 0 Å². The summed E-state index contributed by atoms with van der Waals surface area (Å²) in [6.07, 6.45) is 0. The summed E-state index contributed by atoms with van der Waals surface area (Å²) >= 11 is 2.41. The Morgan fingerprint density at radius 3 is 2.25 bits per heavy atom. The third-order valence-electron chi connectivity index (χ3n) is 4.45. The highest BCUT2D eigenvalue weighted by Gasteiger charge is 2.06. The molecule has 1 heteroatoms. The minimum absolute atomic E-state index is 1.26. The predicted molar refractivity (Wildman–Crippen MR) is 112 cm³/mol. The molecule has 4 aromatic carbocycles. The Kier molecular flexibility index (Phi) is 4.11. The van der Waals surface area contributed by atoms with Crippen LogP contribution in [0, 0.1) is 10.5 Å². The zero-order chi connectivity index (χ0) is 16.5. The van der Waals surface area contributed by atoms with E-state index in [2.05, 4.69) is 114 Å². The van der Waals surface area contributed by atoms with Gasteiger partial charge < -0.3 is 0 Å². The summed E-state index contributed by atoms with van der Waals surface area (Å²) in [6, 6.07) is 30.5. The molecular formula is C23H17I. The first-order valence-corrected chi connectivity index (χ1v) is 9.15. The van der Waals surface area contributed by atoms with Crippen LogP contribution in [0.25, 0.3) is 33.0 Å². The summed E-state index contributed by atoms with van der Waals surface area (Å²) in [5.41, 5.74) is 6.42. The molecule has 24 heavy (non-hydrogen) atoms. The number of benzene rings is 4. The number of hydrogen-bond acceptors (Lipinski definition) is 0. The summed E-state index contributed by atoms with van der Waals surface area (Å²) in [5.74, 6) is 0. The largest absolute Gasteiger partial charge is 0.0616 e. The van der Waals surface area contributed by atoms with Crippen molar-refractivity contribution < 1.29 is 0 Å². The van der Waals surface area contributed by atoms with Crippen LogP contribution in [0.15, 0.2) is 84.9 Å². The highest BCUT2D eigenvalue weighted by Crippen LogP contribution is 2.31. The second kappa shape index (κ2) is 6.40. The van der Waals surface area contributed by atoms with Gasteiger partial charge in [-0.25, -0.2) is 0 Å². The Morgan fingerprint density at radius 2 is 1.38 bits per heavy atom.